The van der Waals surface area contributed by atoms with Crippen LogP contribution in [0, 0.1) is 5.92 Å². The molecule has 1 N–H and O–H groups in total. The molecule has 2 heterocycles. The lowest BCUT2D eigenvalue weighted by Gasteiger charge is -2.19. The molecule has 1 atom stereocenters. The largest absolute Gasteiger partial charge is 0.316 e. The van der Waals surface area contributed by atoms with Crippen LogP contribution in [0.1, 0.15) is 28.8 Å². The molecule has 1 amide bonds. The molecule has 1 saturated heterocycles. The number of amides is 1. The van der Waals surface area contributed by atoms with Crippen LogP contribution in [-0.4, -0.2) is 30.4 Å². The first kappa shape index (κ1) is 11.5. The molecular formula is C15H18N2O. The van der Waals surface area contributed by atoms with Crippen molar-refractivity contribution in [2.24, 2.45) is 5.92 Å². The molecule has 0 bridgehead atoms. The molecule has 1 fully saturated rings. The van der Waals surface area contributed by atoms with E-state index in [4.69, 9.17) is 0 Å². The zero-order chi connectivity index (χ0) is 12.5. The van der Waals surface area contributed by atoms with Crippen LogP contribution in [0.4, 0.5) is 0 Å². The van der Waals surface area contributed by atoms with Crippen LogP contribution in [0.5, 0.6) is 0 Å². The fourth-order valence-electron chi connectivity index (χ4n) is 2.84. The van der Waals surface area contributed by atoms with Crippen LogP contribution in [0.15, 0.2) is 30.8 Å². The van der Waals surface area contributed by atoms with Gasteiger partial charge < -0.3 is 10.2 Å². The van der Waals surface area contributed by atoms with Crippen LogP contribution >= 0.6 is 0 Å². The number of carbonyl (C=O) groups excluding carboxylic acids is 1. The number of nitrogens with zero attached hydrogens (tertiary/aromatic N) is 1. The third-order valence-corrected chi connectivity index (χ3v) is 3.96. The molecule has 0 aromatic heterocycles. The van der Waals surface area contributed by atoms with Crippen molar-refractivity contribution in [2.45, 2.75) is 12.8 Å². The average molecular weight is 242 g/mol. The highest BCUT2D eigenvalue weighted by molar-refractivity contribution is 6.08. The van der Waals surface area contributed by atoms with Gasteiger partial charge in [-0.05, 0) is 37.9 Å². The van der Waals surface area contributed by atoms with Crippen molar-refractivity contribution in [1.82, 2.24) is 10.2 Å². The van der Waals surface area contributed by atoms with Gasteiger partial charge in [-0.15, -0.1) is 0 Å². The van der Waals surface area contributed by atoms with Crippen LogP contribution in [0.2, 0.25) is 0 Å². The summed E-state index contributed by atoms with van der Waals surface area (Å²) in [6.45, 7) is 7.05. The Bertz CT molecular complexity index is 454. The Labute approximate surface area is 107 Å². The first-order valence-electron chi connectivity index (χ1n) is 6.58. The molecule has 1 aromatic carbocycles. The molecular weight excluding hydrogens is 224 g/mol. The molecule has 3 nitrogen and oxygen atoms in total. The van der Waals surface area contributed by atoms with E-state index >= 15 is 0 Å². The Kier molecular flexibility index (Phi) is 2.92. The molecule has 94 valence electrons. The van der Waals surface area contributed by atoms with E-state index in [2.05, 4.69) is 11.9 Å². The first-order chi connectivity index (χ1) is 8.77. The number of carbonyl (C=O) groups is 1. The van der Waals surface area contributed by atoms with Gasteiger partial charge in [-0.3, -0.25) is 4.79 Å². The highest BCUT2D eigenvalue weighted by Gasteiger charge is 2.30. The Morgan fingerprint density at radius 2 is 2.11 bits per heavy atom. The lowest BCUT2D eigenvalue weighted by atomic mass is 10.0. The second-order valence-corrected chi connectivity index (χ2v) is 5.10. The van der Waals surface area contributed by atoms with Crippen molar-refractivity contribution in [3.05, 3.63) is 42.0 Å². The van der Waals surface area contributed by atoms with Crippen LogP contribution < -0.4 is 5.32 Å². The SMILES string of the molecule is C=C1c2ccccc2C(=O)N1CCC1CCNC1. The minimum Gasteiger partial charge on any atom is -0.316 e. The summed E-state index contributed by atoms with van der Waals surface area (Å²) in [6.07, 6.45) is 2.28. The normalized spacial score (nSPS) is 22.7. The standard InChI is InChI=1S/C15H18N2O/c1-11-13-4-2-3-5-14(13)15(18)17(11)9-7-12-6-8-16-10-12/h2-5,12,16H,1,6-10H2. The summed E-state index contributed by atoms with van der Waals surface area (Å²) in [5, 5.41) is 3.36. The summed E-state index contributed by atoms with van der Waals surface area (Å²) < 4.78 is 0. The summed E-state index contributed by atoms with van der Waals surface area (Å²) in [4.78, 5) is 14.1. The van der Waals surface area contributed by atoms with Crippen molar-refractivity contribution in [1.29, 1.82) is 0 Å². The molecule has 0 aliphatic carbocycles. The van der Waals surface area contributed by atoms with Gasteiger partial charge in [-0.25, -0.2) is 0 Å². The number of hydrogen-bond donors (Lipinski definition) is 1. The minimum absolute atomic E-state index is 0.113. The Hall–Kier alpha value is -1.61. The number of nitrogens with one attached hydrogen (secondary N) is 1. The van der Waals surface area contributed by atoms with E-state index in [-0.39, 0.29) is 5.91 Å². The topological polar surface area (TPSA) is 32.3 Å². The summed E-state index contributed by atoms with van der Waals surface area (Å²) in [7, 11) is 0. The molecule has 0 radical (unpaired) electrons. The van der Waals surface area contributed by atoms with Gasteiger partial charge >= 0.3 is 0 Å². The van der Waals surface area contributed by atoms with E-state index in [1.54, 1.807) is 0 Å². The molecule has 3 rings (SSSR count). The number of rotatable bonds is 3. The second-order valence-electron chi connectivity index (χ2n) is 5.10. The summed E-state index contributed by atoms with van der Waals surface area (Å²) in [6, 6.07) is 7.74. The summed E-state index contributed by atoms with van der Waals surface area (Å²) in [5.74, 6) is 0.816. The fraction of sp³-hybridized carbons (Fsp3) is 0.400. The maximum absolute atomic E-state index is 12.3. The predicted molar refractivity (Wildman–Crippen MR) is 72.1 cm³/mol. The van der Waals surface area contributed by atoms with E-state index in [0.717, 1.165) is 42.9 Å². The molecule has 0 spiro atoms. The van der Waals surface area contributed by atoms with E-state index in [1.807, 2.05) is 29.2 Å². The third-order valence-electron chi connectivity index (χ3n) is 3.96. The first-order valence-corrected chi connectivity index (χ1v) is 6.58. The van der Waals surface area contributed by atoms with E-state index in [1.165, 1.54) is 6.42 Å². The van der Waals surface area contributed by atoms with Crippen molar-refractivity contribution in [3.63, 3.8) is 0 Å². The molecule has 0 saturated carbocycles. The zero-order valence-corrected chi connectivity index (χ0v) is 10.5. The molecule has 2 aliphatic rings. The maximum atomic E-state index is 12.3. The van der Waals surface area contributed by atoms with E-state index in [9.17, 15) is 4.79 Å². The van der Waals surface area contributed by atoms with Crippen LogP contribution in [-0.2, 0) is 0 Å². The lowest BCUT2D eigenvalue weighted by Crippen LogP contribution is -2.26. The Morgan fingerprint density at radius 3 is 2.78 bits per heavy atom. The average Bonchev–Trinajstić information content (AvgIpc) is 2.98. The molecule has 2 aliphatic heterocycles. The zero-order valence-electron chi connectivity index (χ0n) is 10.5. The molecule has 1 aromatic rings. The summed E-state index contributed by atoms with van der Waals surface area (Å²) >= 11 is 0. The molecule has 18 heavy (non-hydrogen) atoms. The van der Waals surface area contributed by atoms with Gasteiger partial charge in [-0.1, -0.05) is 24.8 Å². The smallest absolute Gasteiger partial charge is 0.258 e. The second kappa shape index (κ2) is 4.58. The van der Waals surface area contributed by atoms with Crippen LogP contribution in [0.25, 0.3) is 5.70 Å². The monoisotopic (exact) mass is 242 g/mol. The van der Waals surface area contributed by atoms with Crippen molar-refractivity contribution in [2.75, 3.05) is 19.6 Å². The molecule has 3 heteroatoms. The van der Waals surface area contributed by atoms with Gasteiger partial charge in [0.15, 0.2) is 0 Å². The molecule has 1 unspecified atom stereocenters. The predicted octanol–water partition coefficient (Wildman–Crippen LogP) is 2.11. The Morgan fingerprint density at radius 1 is 1.33 bits per heavy atom. The number of benzene rings is 1. The highest BCUT2D eigenvalue weighted by atomic mass is 16.2. The maximum Gasteiger partial charge on any atom is 0.258 e. The number of fused-ring (bicyclic) bond motifs is 1. The van der Waals surface area contributed by atoms with Gasteiger partial charge in [0.05, 0.1) is 0 Å². The van der Waals surface area contributed by atoms with Crippen molar-refractivity contribution in [3.8, 4) is 0 Å². The van der Waals surface area contributed by atoms with Gasteiger partial charge in [0.2, 0.25) is 0 Å². The van der Waals surface area contributed by atoms with Gasteiger partial charge in [0.1, 0.15) is 0 Å². The number of hydrogen-bond acceptors (Lipinski definition) is 2. The van der Waals surface area contributed by atoms with E-state index in [0.29, 0.717) is 5.92 Å². The van der Waals surface area contributed by atoms with Gasteiger partial charge in [0.25, 0.3) is 5.91 Å². The third kappa shape index (κ3) is 1.85. The van der Waals surface area contributed by atoms with Crippen molar-refractivity contribution < 1.29 is 4.79 Å². The fourth-order valence-corrected chi connectivity index (χ4v) is 2.84. The van der Waals surface area contributed by atoms with Gasteiger partial charge in [0, 0.05) is 23.4 Å². The minimum atomic E-state index is 0.113. The lowest BCUT2D eigenvalue weighted by molar-refractivity contribution is 0.0845. The quantitative estimate of drug-likeness (QED) is 0.880. The van der Waals surface area contributed by atoms with Gasteiger partial charge in [-0.2, -0.15) is 0 Å². The highest BCUT2D eigenvalue weighted by Crippen LogP contribution is 2.31. The van der Waals surface area contributed by atoms with Crippen LogP contribution in [0.3, 0.4) is 0 Å². The van der Waals surface area contributed by atoms with E-state index < -0.39 is 0 Å². The Balaban J connectivity index is 1.71. The summed E-state index contributed by atoms with van der Waals surface area (Å²) in [5.41, 5.74) is 2.65. The van der Waals surface area contributed by atoms with Crippen molar-refractivity contribution >= 4 is 11.6 Å².